The topological polar surface area (TPSA) is 78.9 Å². The fourth-order valence-electron chi connectivity index (χ4n) is 4.50. The first-order valence-electron chi connectivity index (χ1n) is 11.0. The maximum atomic E-state index is 12.2. The van der Waals surface area contributed by atoms with E-state index < -0.39 is 0 Å². The van der Waals surface area contributed by atoms with E-state index in [1.54, 1.807) is 6.08 Å². The number of methoxy groups -OCH3 is 1. The molecule has 1 aliphatic heterocycles. The molecule has 1 heterocycles. The molecule has 0 bridgehead atoms. The first-order valence-corrected chi connectivity index (χ1v) is 11.0. The molecule has 0 N–H and O–H groups in total. The number of esters is 2. The summed E-state index contributed by atoms with van der Waals surface area (Å²) in [6.45, 7) is 5.47. The van der Waals surface area contributed by atoms with Crippen molar-refractivity contribution < 1.29 is 28.6 Å². The average Bonchev–Trinajstić information content (AvgIpc) is 3.19. The molecule has 2 rings (SSSR count). The van der Waals surface area contributed by atoms with E-state index in [4.69, 9.17) is 9.47 Å². The van der Waals surface area contributed by atoms with E-state index >= 15 is 0 Å². The number of hydrogen-bond donors (Lipinski definition) is 0. The molecule has 0 radical (unpaired) electrons. The molecule has 0 aromatic rings. The molecule has 0 spiro atoms. The summed E-state index contributed by atoms with van der Waals surface area (Å²) in [6, 6.07) is 0. The van der Waals surface area contributed by atoms with Crippen molar-refractivity contribution in [1.82, 2.24) is 0 Å². The highest BCUT2D eigenvalue weighted by atomic mass is 16.6. The van der Waals surface area contributed by atoms with Crippen molar-refractivity contribution in [3.05, 3.63) is 23.8 Å². The Balaban J connectivity index is 1.90. The van der Waals surface area contributed by atoms with E-state index in [1.165, 1.54) is 19.6 Å². The van der Waals surface area contributed by atoms with E-state index in [9.17, 15) is 14.4 Å². The normalized spacial score (nSPS) is 27.7. The van der Waals surface area contributed by atoms with Crippen molar-refractivity contribution in [2.75, 3.05) is 7.11 Å². The fourth-order valence-corrected chi connectivity index (χ4v) is 4.50. The monoisotopic (exact) mass is 420 g/mol. The maximum Gasteiger partial charge on any atom is 0.305 e. The van der Waals surface area contributed by atoms with Gasteiger partial charge in [-0.05, 0) is 51.5 Å². The Labute approximate surface area is 180 Å². The second-order valence-electron chi connectivity index (χ2n) is 8.62. The first-order chi connectivity index (χ1) is 14.3. The Morgan fingerprint density at radius 3 is 2.50 bits per heavy atom. The van der Waals surface area contributed by atoms with Crippen LogP contribution in [0.3, 0.4) is 0 Å². The van der Waals surface area contributed by atoms with Crippen molar-refractivity contribution in [3.8, 4) is 0 Å². The molecule has 168 valence electrons. The van der Waals surface area contributed by atoms with Gasteiger partial charge in [0.05, 0.1) is 19.3 Å². The van der Waals surface area contributed by atoms with E-state index in [1.807, 2.05) is 19.9 Å². The SMILES string of the molecule is COC(=O)CCCC[C@@H]1C[C@@H]2[C@@H](C=CC(=O)CCC=C(C)C)[C@H](OC(C)=O)C[C@@H]2O1. The highest BCUT2D eigenvalue weighted by Crippen LogP contribution is 2.46. The third kappa shape index (κ3) is 7.71. The van der Waals surface area contributed by atoms with Crippen LogP contribution in [-0.2, 0) is 28.6 Å². The predicted octanol–water partition coefficient (Wildman–Crippen LogP) is 4.32. The summed E-state index contributed by atoms with van der Waals surface area (Å²) in [7, 11) is 1.41. The Hall–Kier alpha value is -1.95. The van der Waals surface area contributed by atoms with Crippen LogP contribution in [0.5, 0.6) is 0 Å². The highest BCUT2D eigenvalue weighted by molar-refractivity contribution is 5.89. The van der Waals surface area contributed by atoms with Gasteiger partial charge in [0.1, 0.15) is 6.10 Å². The Morgan fingerprint density at radius 1 is 1.07 bits per heavy atom. The minimum Gasteiger partial charge on any atom is -0.469 e. The minimum absolute atomic E-state index is 0.00590. The van der Waals surface area contributed by atoms with Gasteiger partial charge in [-0.25, -0.2) is 0 Å². The van der Waals surface area contributed by atoms with Gasteiger partial charge in [-0.15, -0.1) is 0 Å². The maximum absolute atomic E-state index is 12.2. The summed E-state index contributed by atoms with van der Waals surface area (Å²) in [5, 5.41) is 0. The number of hydrogen-bond acceptors (Lipinski definition) is 6. The zero-order valence-electron chi connectivity index (χ0n) is 18.7. The number of carbonyl (C=O) groups excluding carboxylic acids is 3. The third-order valence-corrected chi connectivity index (χ3v) is 5.92. The standard InChI is InChI=1S/C24H36O6/c1-16(2)8-7-9-18(26)12-13-20-21-14-19(10-5-6-11-24(27)28-4)30-23(21)15-22(20)29-17(3)25/h8,12-13,19-23H,5-7,9-11,14-15H2,1-4H3/t19-,20-,21-,22-,23+/m1/s1. The molecule has 6 heteroatoms. The molecule has 30 heavy (non-hydrogen) atoms. The van der Waals surface area contributed by atoms with Crippen LogP contribution < -0.4 is 0 Å². The van der Waals surface area contributed by atoms with Crippen molar-refractivity contribution in [3.63, 3.8) is 0 Å². The number of ketones is 1. The number of rotatable bonds is 11. The molecule has 1 aliphatic carbocycles. The summed E-state index contributed by atoms with van der Waals surface area (Å²) >= 11 is 0. The second kappa shape index (κ2) is 12.0. The Morgan fingerprint density at radius 2 is 1.83 bits per heavy atom. The molecule has 6 nitrogen and oxygen atoms in total. The van der Waals surface area contributed by atoms with Crippen molar-refractivity contribution >= 4 is 17.7 Å². The van der Waals surface area contributed by atoms with Gasteiger partial charge in [-0.3, -0.25) is 14.4 Å². The van der Waals surface area contributed by atoms with Crippen molar-refractivity contribution in [2.45, 2.75) is 90.4 Å². The van der Waals surface area contributed by atoms with Gasteiger partial charge in [0.15, 0.2) is 5.78 Å². The van der Waals surface area contributed by atoms with Crippen LogP contribution in [0.1, 0.15) is 72.1 Å². The van der Waals surface area contributed by atoms with E-state index in [-0.39, 0.29) is 47.9 Å². The quantitative estimate of drug-likeness (QED) is 0.214. The molecular formula is C24H36O6. The van der Waals surface area contributed by atoms with Crippen LogP contribution in [0, 0.1) is 11.8 Å². The van der Waals surface area contributed by atoms with Crippen LogP contribution in [-0.4, -0.2) is 43.1 Å². The lowest BCUT2D eigenvalue weighted by Gasteiger charge is -2.21. The molecular weight excluding hydrogens is 384 g/mol. The van der Waals surface area contributed by atoms with Gasteiger partial charge in [0.25, 0.3) is 0 Å². The van der Waals surface area contributed by atoms with Crippen molar-refractivity contribution in [2.24, 2.45) is 11.8 Å². The Kier molecular flexibility index (Phi) is 9.76. The number of carbonyl (C=O) groups is 3. The smallest absolute Gasteiger partial charge is 0.305 e. The van der Waals surface area contributed by atoms with Crippen LogP contribution in [0.4, 0.5) is 0 Å². The zero-order valence-corrected chi connectivity index (χ0v) is 18.7. The van der Waals surface area contributed by atoms with Crippen molar-refractivity contribution in [1.29, 1.82) is 0 Å². The molecule has 0 amide bonds. The van der Waals surface area contributed by atoms with Crippen LogP contribution in [0.2, 0.25) is 0 Å². The number of unbranched alkanes of at least 4 members (excludes halogenated alkanes) is 1. The fraction of sp³-hybridized carbons (Fsp3) is 0.708. The lowest BCUT2D eigenvalue weighted by atomic mass is 9.89. The highest BCUT2D eigenvalue weighted by Gasteiger charge is 2.49. The second-order valence-corrected chi connectivity index (χ2v) is 8.62. The summed E-state index contributed by atoms with van der Waals surface area (Å²) in [5.74, 6) is -0.125. The largest absolute Gasteiger partial charge is 0.469 e. The Bertz CT molecular complexity index is 661. The summed E-state index contributed by atoms with van der Waals surface area (Å²) < 4.78 is 16.4. The van der Waals surface area contributed by atoms with Crippen LogP contribution in [0.25, 0.3) is 0 Å². The predicted molar refractivity (Wildman–Crippen MR) is 114 cm³/mol. The zero-order chi connectivity index (χ0) is 22.1. The van der Waals surface area contributed by atoms with Crippen LogP contribution in [0.15, 0.2) is 23.8 Å². The number of ether oxygens (including phenoxy) is 3. The molecule has 2 aliphatic rings. The van der Waals surface area contributed by atoms with E-state index in [2.05, 4.69) is 10.8 Å². The van der Waals surface area contributed by atoms with Crippen LogP contribution >= 0.6 is 0 Å². The third-order valence-electron chi connectivity index (χ3n) is 5.92. The van der Waals surface area contributed by atoms with E-state index in [0.29, 0.717) is 19.3 Å². The number of fused-ring (bicyclic) bond motifs is 1. The summed E-state index contributed by atoms with van der Waals surface area (Å²) in [6.07, 6.45) is 11.5. The molecule has 5 atom stereocenters. The molecule has 1 saturated carbocycles. The molecule has 0 unspecified atom stereocenters. The van der Waals surface area contributed by atoms with Gasteiger partial charge in [-0.1, -0.05) is 24.1 Å². The molecule has 0 aromatic heterocycles. The lowest BCUT2D eigenvalue weighted by Crippen LogP contribution is -2.24. The van der Waals surface area contributed by atoms with Gasteiger partial charge in [-0.2, -0.15) is 0 Å². The van der Waals surface area contributed by atoms with Gasteiger partial charge in [0, 0.05) is 32.1 Å². The van der Waals surface area contributed by atoms with E-state index in [0.717, 1.165) is 32.1 Å². The van der Waals surface area contributed by atoms with Gasteiger partial charge in [0.2, 0.25) is 0 Å². The summed E-state index contributed by atoms with van der Waals surface area (Å²) in [4.78, 5) is 35.0. The molecule has 1 saturated heterocycles. The molecule has 0 aromatic carbocycles. The number of allylic oxidation sites excluding steroid dienone is 3. The lowest BCUT2D eigenvalue weighted by molar-refractivity contribution is -0.148. The van der Waals surface area contributed by atoms with Gasteiger partial charge < -0.3 is 14.2 Å². The first kappa shape index (κ1) is 24.3. The summed E-state index contributed by atoms with van der Waals surface area (Å²) in [5.41, 5.74) is 1.21. The average molecular weight is 421 g/mol. The molecule has 2 fully saturated rings. The minimum atomic E-state index is -0.299. The van der Waals surface area contributed by atoms with Gasteiger partial charge >= 0.3 is 11.9 Å².